The van der Waals surface area contributed by atoms with Crippen LogP contribution in [0.15, 0.2) is 48.8 Å². The molecule has 128 valence electrons. The molecule has 3 aromatic rings. The van der Waals surface area contributed by atoms with E-state index in [1.807, 2.05) is 43.3 Å². The second-order valence-corrected chi connectivity index (χ2v) is 6.69. The van der Waals surface area contributed by atoms with Crippen LogP contribution in [0.1, 0.15) is 11.1 Å². The molecule has 0 aliphatic carbocycles. The molecule has 3 rings (SSSR count). The lowest BCUT2D eigenvalue weighted by atomic mass is 10.2. The molecule has 0 bridgehead atoms. The van der Waals surface area contributed by atoms with Gasteiger partial charge < -0.3 is 5.32 Å². The number of nitrogens with zero attached hydrogens (tertiary/aromatic N) is 3. The summed E-state index contributed by atoms with van der Waals surface area (Å²) in [5, 5.41) is 11.9. The van der Waals surface area contributed by atoms with Gasteiger partial charge in [0.2, 0.25) is 5.95 Å². The molecule has 2 N–H and O–H groups in total. The van der Waals surface area contributed by atoms with Crippen molar-refractivity contribution in [1.29, 1.82) is 0 Å². The van der Waals surface area contributed by atoms with Crippen molar-refractivity contribution in [2.45, 2.75) is 13.5 Å². The minimum Gasteiger partial charge on any atom is -0.332 e. The van der Waals surface area contributed by atoms with E-state index in [1.54, 1.807) is 17.1 Å². The number of hydrogen-bond donors (Lipinski definition) is 2. The molecule has 5 nitrogen and oxygen atoms in total. The molecule has 0 aliphatic rings. The number of benzene rings is 2. The maximum atomic E-state index is 6.03. The molecule has 0 aliphatic heterocycles. The van der Waals surface area contributed by atoms with E-state index in [9.17, 15) is 0 Å². The highest BCUT2D eigenvalue weighted by Crippen LogP contribution is 2.22. The predicted octanol–water partition coefficient (Wildman–Crippen LogP) is 4.75. The summed E-state index contributed by atoms with van der Waals surface area (Å²) in [6.45, 7) is 2.55. The number of aromatic nitrogens is 3. The lowest BCUT2D eigenvalue weighted by Gasteiger charge is -2.08. The zero-order chi connectivity index (χ0) is 17.8. The largest absolute Gasteiger partial charge is 0.332 e. The Morgan fingerprint density at radius 2 is 1.96 bits per heavy atom. The Balaban J connectivity index is 1.61. The van der Waals surface area contributed by atoms with Crippen LogP contribution in [-0.4, -0.2) is 19.9 Å². The molecule has 1 heterocycles. The highest BCUT2D eigenvalue weighted by molar-refractivity contribution is 7.80. The third-order valence-corrected chi connectivity index (χ3v) is 4.31. The summed E-state index contributed by atoms with van der Waals surface area (Å²) in [5.41, 5.74) is 3.04. The summed E-state index contributed by atoms with van der Waals surface area (Å²) in [6, 6.07) is 13.4. The number of anilines is 2. The molecule has 0 radical (unpaired) electrons. The fourth-order valence-corrected chi connectivity index (χ4v) is 2.77. The standard InChI is InChI=1S/C17H15Cl2N5S/c1-11-3-2-4-13(7-11)21-17(25)22-16-20-10-24(23-16)9-12-5-6-14(18)15(19)8-12/h2-8,10H,9H2,1H3,(H2,21,22,23,25). The van der Waals surface area contributed by atoms with Crippen LogP contribution >= 0.6 is 35.4 Å². The smallest absolute Gasteiger partial charge is 0.248 e. The fraction of sp³-hybridized carbons (Fsp3) is 0.118. The molecule has 0 spiro atoms. The van der Waals surface area contributed by atoms with Crippen molar-refractivity contribution >= 4 is 52.2 Å². The number of rotatable bonds is 4. The first kappa shape index (κ1) is 17.7. The Hall–Kier alpha value is -2.15. The fourth-order valence-electron chi connectivity index (χ4n) is 2.24. The quantitative estimate of drug-likeness (QED) is 0.628. The van der Waals surface area contributed by atoms with E-state index in [1.165, 1.54) is 0 Å². The molecule has 0 atom stereocenters. The number of thiocarbonyl (C=S) groups is 1. The average Bonchev–Trinajstić information content (AvgIpc) is 2.98. The van der Waals surface area contributed by atoms with Crippen molar-refractivity contribution in [3.8, 4) is 0 Å². The van der Waals surface area contributed by atoms with E-state index in [2.05, 4.69) is 20.7 Å². The highest BCUT2D eigenvalue weighted by atomic mass is 35.5. The molecule has 0 saturated heterocycles. The van der Waals surface area contributed by atoms with Crippen molar-refractivity contribution in [1.82, 2.24) is 14.8 Å². The van der Waals surface area contributed by atoms with Crippen LogP contribution in [0, 0.1) is 6.92 Å². The summed E-state index contributed by atoms with van der Waals surface area (Å²) in [5.74, 6) is 0.421. The van der Waals surface area contributed by atoms with Gasteiger partial charge in [0, 0.05) is 5.69 Å². The van der Waals surface area contributed by atoms with Gasteiger partial charge in [-0.25, -0.2) is 9.67 Å². The summed E-state index contributed by atoms with van der Waals surface area (Å²) in [4.78, 5) is 4.21. The molecule has 0 fully saturated rings. The summed E-state index contributed by atoms with van der Waals surface area (Å²) in [7, 11) is 0. The van der Waals surface area contributed by atoms with Crippen LogP contribution in [0.3, 0.4) is 0 Å². The predicted molar refractivity (Wildman–Crippen MR) is 107 cm³/mol. The van der Waals surface area contributed by atoms with Crippen molar-refractivity contribution < 1.29 is 0 Å². The van der Waals surface area contributed by atoms with E-state index in [0.29, 0.717) is 27.7 Å². The maximum absolute atomic E-state index is 6.03. The van der Waals surface area contributed by atoms with Crippen LogP contribution in [0.5, 0.6) is 0 Å². The highest BCUT2D eigenvalue weighted by Gasteiger charge is 2.06. The van der Waals surface area contributed by atoms with Crippen molar-refractivity contribution in [3.63, 3.8) is 0 Å². The van der Waals surface area contributed by atoms with Gasteiger partial charge in [0.25, 0.3) is 0 Å². The van der Waals surface area contributed by atoms with E-state index >= 15 is 0 Å². The third kappa shape index (κ3) is 4.92. The summed E-state index contributed by atoms with van der Waals surface area (Å²) < 4.78 is 1.69. The van der Waals surface area contributed by atoms with E-state index in [0.717, 1.165) is 16.8 Å². The molecule has 1 aromatic heterocycles. The minimum absolute atomic E-state index is 0.421. The molecule has 0 amide bonds. The van der Waals surface area contributed by atoms with Gasteiger partial charge in [0.05, 0.1) is 16.6 Å². The number of halogens is 2. The minimum atomic E-state index is 0.421. The third-order valence-electron chi connectivity index (χ3n) is 3.37. The van der Waals surface area contributed by atoms with Gasteiger partial charge in [-0.3, -0.25) is 5.32 Å². The van der Waals surface area contributed by atoms with Gasteiger partial charge in [-0.1, -0.05) is 41.4 Å². The average molecular weight is 392 g/mol. The lowest BCUT2D eigenvalue weighted by Crippen LogP contribution is -2.20. The molecule has 25 heavy (non-hydrogen) atoms. The second kappa shape index (κ2) is 7.82. The first-order chi connectivity index (χ1) is 12.0. The van der Waals surface area contributed by atoms with Crippen molar-refractivity contribution in [3.05, 3.63) is 70.0 Å². The number of aryl methyl sites for hydroxylation is 1. The van der Waals surface area contributed by atoms with Crippen LogP contribution in [0.4, 0.5) is 11.6 Å². The monoisotopic (exact) mass is 391 g/mol. The normalized spacial score (nSPS) is 10.5. The molecular formula is C17H15Cl2N5S. The van der Waals surface area contributed by atoms with Crippen LogP contribution in [0.25, 0.3) is 0 Å². The lowest BCUT2D eigenvalue weighted by molar-refractivity contribution is 0.687. The first-order valence-corrected chi connectivity index (χ1v) is 8.64. The summed E-state index contributed by atoms with van der Waals surface area (Å²) >= 11 is 17.2. The topological polar surface area (TPSA) is 54.8 Å². The Kier molecular flexibility index (Phi) is 5.53. The van der Waals surface area contributed by atoms with Gasteiger partial charge in [0.15, 0.2) is 5.11 Å². The van der Waals surface area contributed by atoms with E-state index in [4.69, 9.17) is 35.4 Å². The molecule has 8 heteroatoms. The zero-order valence-corrected chi connectivity index (χ0v) is 15.7. The van der Waals surface area contributed by atoms with Crippen LogP contribution < -0.4 is 10.6 Å². The SMILES string of the molecule is Cc1cccc(NC(=S)Nc2ncn(Cc3ccc(Cl)c(Cl)c3)n2)c1. The molecule has 0 saturated carbocycles. The Bertz CT molecular complexity index is 910. The van der Waals surface area contributed by atoms with Crippen molar-refractivity contribution in [2.75, 3.05) is 10.6 Å². The Morgan fingerprint density at radius 1 is 1.12 bits per heavy atom. The van der Waals surface area contributed by atoms with Gasteiger partial charge >= 0.3 is 0 Å². The zero-order valence-electron chi connectivity index (χ0n) is 13.3. The Labute approximate surface area is 161 Å². The molecular weight excluding hydrogens is 377 g/mol. The maximum Gasteiger partial charge on any atom is 0.248 e. The van der Waals surface area contributed by atoms with E-state index in [-0.39, 0.29) is 0 Å². The Morgan fingerprint density at radius 3 is 2.72 bits per heavy atom. The summed E-state index contributed by atoms with van der Waals surface area (Å²) in [6.07, 6.45) is 1.63. The number of hydrogen-bond acceptors (Lipinski definition) is 3. The van der Waals surface area contributed by atoms with Gasteiger partial charge in [-0.05, 0) is 54.5 Å². The molecule has 2 aromatic carbocycles. The van der Waals surface area contributed by atoms with Crippen LogP contribution in [0.2, 0.25) is 10.0 Å². The second-order valence-electron chi connectivity index (χ2n) is 5.46. The van der Waals surface area contributed by atoms with Crippen molar-refractivity contribution in [2.24, 2.45) is 0 Å². The molecule has 0 unspecified atom stereocenters. The number of nitrogens with one attached hydrogen (secondary N) is 2. The van der Waals surface area contributed by atoms with Crippen LogP contribution in [-0.2, 0) is 6.54 Å². The van der Waals surface area contributed by atoms with Gasteiger partial charge in [-0.15, -0.1) is 5.10 Å². The van der Waals surface area contributed by atoms with Gasteiger partial charge in [0.1, 0.15) is 6.33 Å². The van der Waals surface area contributed by atoms with E-state index < -0.39 is 0 Å². The van der Waals surface area contributed by atoms with Gasteiger partial charge in [-0.2, -0.15) is 0 Å². The first-order valence-electron chi connectivity index (χ1n) is 7.47.